The Morgan fingerprint density at radius 3 is 2.45 bits per heavy atom. The number of nitrogens with two attached hydrogens (primary N) is 2. The maximum Gasteiger partial charge on any atom is 0.185 e. The minimum Gasteiger partial charge on any atom is -0.370 e. The molecule has 11 heavy (non-hydrogen) atoms. The second kappa shape index (κ2) is 2.72. The minimum atomic E-state index is 0.212. The Hall–Kier alpha value is -0.730. The summed E-state index contributed by atoms with van der Waals surface area (Å²) in [5.74, 6) is 1.05. The highest BCUT2D eigenvalue weighted by Crippen LogP contribution is 2.53. The molecule has 1 fully saturated rings. The molecule has 0 radical (unpaired) electrons. The molecule has 0 spiro atoms. The SMILES string of the molecule is CC1(C)C[C@H]1CCN=C(N)N. The Bertz CT molecular complexity index is 168. The summed E-state index contributed by atoms with van der Waals surface area (Å²) in [5, 5.41) is 0. The van der Waals surface area contributed by atoms with Crippen LogP contribution in [0.1, 0.15) is 26.7 Å². The zero-order valence-corrected chi connectivity index (χ0v) is 7.30. The van der Waals surface area contributed by atoms with Gasteiger partial charge in [0, 0.05) is 6.54 Å². The molecule has 1 aliphatic carbocycles. The fourth-order valence-corrected chi connectivity index (χ4v) is 1.42. The normalized spacial score (nSPS) is 26.2. The van der Waals surface area contributed by atoms with E-state index in [0.717, 1.165) is 18.9 Å². The largest absolute Gasteiger partial charge is 0.370 e. The lowest BCUT2D eigenvalue weighted by Gasteiger charge is -1.99. The topological polar surface area (TPSA) is 64.4 Å². The Morgan fingerprint density at radius 1 is 1.55 bits per heavy atom. The number of hydrogen-bond donors (Lipinski definition) is 2. The van der Waals surface area contributed by atoms with E-state index in [-0.39, 0.29) is 5.96 Å². The van der Waals surface area contributed by atoms with Gasteiger partial charge in [0.1, 0.15) is 0 Å². The summed E-state index contributed by atoms with van der Waals surface area (Å²) in [6, 6.07) is 0. The van der Waals surface area contributed by atoms with Crippen molar-refractivity contribution in [3.8, 4) is 0 Å². The van der Waals surface area contributed by atoms with Crippen molar-refractivity contribution in [2.24, 2.45) is 27.8 Å². The summed E-state index contributed by atoms with van der Waals surface area (Å²) in [5.41, 5.74) is 10.9. The second-order valence-corrected chi connectivity index (χ2v) is 3.98. The van der Waals surface area contributed by atoms with Gasteiger partial charge in [0.05, 0.1) is 0 Å². The lowest BCUT2D eigenvalue weighted by Crippen LogP contribution is -2.23. The number of aliphatic imine (C=N–C) groups is 1. The van der Waals surface area contributed by atoms with E-state index in [1.54, 1.807) is 0 Å². The summed E-state index contributed by atoms with van der Waals surface area (Å²) in [4.78, 5) is 3.94. The van der Waals surface area contributed by atoms with E-state index in [1.165, 1.54) is 6.42 Å². The van der Waals surface area contributed by atoms with Crippen LogP contribution in [-0.2, 0) is 0 Å². The van der Waals surface area contributed by atoms with Crippen LogP contribution >= 0.6 is 0 Å². The lowest BCUT2D eigenvalue weighted by atomic mass is 10.1. The van der Waals surface area contributed by atoms with Gasteiger partial charge in [-0.15, -0.1) is 0 Å². The van der Waals surface area contributed by atoms with Crippen LogP contribution in [0.3, 0.4) is 0 Å². The van der Waals surface area contributed by atoms with Gasteiger partial charge in [0.2, 0.25) is 0 Å². The van der Waals surface area contributed by atoms with E-state index < -0.39 is 0 Å². The van der Waals surface area contributed by atoms with Gasteiger partial charge >= 0.3 is 0 Å². The highest BCUT2D eigenvalue weighted by Gasteiger charge is 2.44. The number of hydrogen-bond acceptors (Lipinski definition) is 1. The molecule has 0 amide bonds. The third-order valence-corrected chi connectivity index (χ3v) is 2.49. The van der Waals surface area contributed by atoms with Crippen molar-refractivity contribution in [3.63, 3.8) is 0 Å². The third kappa shape index (κ3) is 2.41. The van der Waals surface area contributed by atoms with Crippen LogP contribution in [-0.4, -0.2) is 12.5 Å². The van der Waals surface area contributed by atoms with E-state index in [0.29, 0.717) is 5.41 Å². The molecule has 1 rings (SSSR count). The van der Waals surface area contributed by atoms with Gasteiger partial charge in [-0.3, -0.25) is 4.99 Å². The molecule has 0 unspecified atom stereocenters. The van der Waals surface area contributed by atoms with Gasteiger partial charge in [-0.2, -0.15) is 0 Å². The quantitative estimate of drug-likeness (QED) is 0.465. The average Bonchev–Trinajstić information content (AvgIpc) is 2.39. The third-order valence-electron chi connectivity index (χ3n) is 2.49. The zero-order chi connectivity index (χ0) is 8.48. The first-order valence-electron chi connectivity index (χ1n) is 4.08. The summed E-state index contributed by atoms with van der Waals surface area (Å²) >= 11 is 0. The number of rotatable bonds is 3. The number of guanidine groups is 1. The number of nitrogens with zero attached hydrogens (tertiary/aromatic N) is 1. The van der Waals surface area contributed by atoms with Gasteiger partial charge in [-0.1, -0.05) is 13.8 Å². The predicted molar refractivity (Wildman–Crippen MR) is 47.2 cm³/mol. The van der Waals surface area contributed by atoms with Crippen molar-refractivity contribution in [3.05, 3.63) is 0 Å². The van der Waals surface area contributed by atoms with Crippen molar-refractivity contribution in [1.29, 1.82) is 0 Å². The Balaban J connectivity index is 2.12. The van der Waals surface area contributed by atoms with Gasteiger partial charge < -0.3 is 11.5 Å². The molecule has 4 N–H and O–H groups in total. The molecular formula is C8H17N3. The molecule has 0 heterocycles. The van der Waals surface area contributed by atoms with E-state index >= 15 is 0 Å². The van der Waals surface area contributed by atoms with E-state index in [4.69, 9.17) is 11.5 Å². The fourth-order valence-electron chi connectivity index (χ4n) is 1.42. The van der Waals surface area contributed by atoms with Crippen molar-refractivity contribution in [2.75, 3.05) is 6.54 Å². The van der Waals surface area contributed by atoms with Crippen LogP contribution in [0.2, 0.25) is 0 Å². The maximum atomic E-state index is 5.19. The van der Waals surface area contributed by atoms with Crippen LogP contribution < -0.4 is 11.5 Å². The van der Waals surface area contributed by atoms with E-state index in [9.17, 15) is 0 Å². The summed E-state index contributed by atoms with van der Waals surface area (Å²) in [6.45, 7) is 5.36. The molecule has 0 aromatic rings. The summed E-state index contributed by atoms with van der Waals surface area (Å²) in [7, 11) is 0. The van der Waals surface area contributed by atoms with Gasteiger partial charge in [-0.05, 0) is 24.2 Å². The maximum absolute atomic E-state index is 5.19. The molecule has 3 heteroatoms. The molecular weight excluding hydrogens is 138 g/mol. The Morgan fingerprint density at radius 2 is 2.09 bits per heavy atom. The first kappa shape index (κ1) is 8.37. The second-order valence-electron chi connectivity index (χ2n) is 3.98. The van der Waals surface area contributed by atoms with Crippen molar-refractivity contribution in [1.82, 2.24) is 0 Å². The first-order chi connectivity index (χ1) is 5.02. The monoisotopic (exact) mass is 155 g/mol. The van der Waals surface area contributed by atoms with Gasteiger partial charge in [0.15, 0.2) is 5.96 Å². The van der Waals surface area contributed by atoms with Gasteiger partial charge in [-0.25, -0.2) is 0 Å². The van der Waals surface area contributed by atoms with Crippen LogP contribution in [0.5, 0.6) is 0 Å². The highest BCUT2D eigenvalue weighted by atomic mass is 15.0. The van der Waals surface area contributed by atoms with Crippen molar-refractivity contribution in [2.45, 2.75) is 26.7 Å². The Labute approximate surface area is 67.9 Å². The molecule has 0 saturated heterocycles. The lowest BCUT2D eigenvalue weighted by molar-refractivity contribution is 0.538. The molecule has 0 bridgehead atoms. The first-order valence-corrected chi connectivity index (χ1v) is 4.08. The molecule has 3 nitrogen and oxygen atoms in total. The molecule has 0 aromatic heterocycles. The van der Waals surface area contributed by atoms with Crippen molar-refractivity contribution >= 4 is 5.96 Å². The average molecular weight is 155 g/mol. The summed E-state index contributed by atoms with van der Waals surface area (Å²) in [6.07, 6.45) is 2.46. The fraction of sp³-hybridized carbons (Fsp3) is 0.875. The van der Waals surface area contributed by atoms with Crippen LogP contribution in [0.15, 0.2) is 4.99 Å². The van der Waals surface area contributed by atoms with Crippen molar-refractivity contribution < 1.29 is 0 Å². The molecule has 0 aromatic carbocycles. The Kier molecular flexibility index (Phi) is 2.07. The standard InChI is InChI=1S/C8H17N3/c1-8(2)5-6(8)3-4-11-7(9)10/h6H,3-5H2,1-2H3,(H4,9,10,11)/t6-/m1/s1. The van der Waals surface area contributed by atoms with E-state index in [1.807, 2.05) is 0 Å². The van der Waals surface area contributed by atoms with Gasteiger partial charge in [0.25, 0.3) is 0 Å². The molecule has 1 saturated carbocycles. The van der Waals surface area contributed by atoms with Crippen LogP contribution in [0.25, 0.3) is 0 Å². The van der Waals surface area contributed by atoms with Crippen LogP contribution in [0.4, 0.5) is 0 Å². The highest BCUT2D eigenvalue weighted by molar-refractivity contribution is 5.75. The smallest absolute Gasteiger partial charge is 0.185 e. The zero-order valence-electron chi connectivity index (χ0n) is 7.30. The molecule has 64 valence electrons. The molecule has 1 aliphatic rings. The van der Waals surface area contributed by atoms with Crippen LogP contribution in [0, 0.1) is 11.3 Å². The minimum absolute atomic E-state index is 0.212. The van der Waals surface area contributed by atoms with E-state index in [2.05, 4.69) is 18.8 Å². The molecule has 0 aliphatic heterocycles. The summed E-state index contributed by atoms with van der Waals surface area (Å²) < 4.78 is 0. The predicted octanol–water partition coefficient (Wildman–Crippen LogP) is 0.696. The molecule has 1 atom stereocenters.